The third-order valence-electron chi connectivity index (χ3n) is 2.90. The van der Waals surface area contributed by atoms with Crippen molar-refractivity contribution in [3.05, 3.63) is 32.8 Å². The second-order valence-corrected chi connectivity index (χ2v) is 5.40. The average molecular weight is 260 g/mol. The van der Waals surface area contributed by atoms with Gasteiger partial charge in [0.25, 0.3) is 0 Å². The molecule has 1 aliphatic rings. The maximum Gasteiger partial charge on any atom is 0.0454 e. The first-order valence-corrected chi connectivity index (χ1v) is 5.66. The molecule has 0 nitrogen and oxygen atoms in total. The SMILES string of the molecule is Cc1cc(C2(C)CC2)c(Cl)cc1Br. The fourth-order valence-electron chi connectivity index (χ4n) is 1.58. The third-order valence-corrected chi connectivity index (χ3v) is 4.07. The predicted octanol–water partition coefficient (Wildman–Crippen LogP) is 4.46. The Hall–Kier alpha value is -0.0100. The first-order chi connectivity index (χ1) is 6.03. The van der Waals surface area contributed by atoms with E-state index in [2.05, 4.69) is 35.8 Å². The highest BCUT2D eigenvalue weighted by Gasteiger charge is 2.40. The van der Waals surface area contributed by atoms with Crippen LogP contribution in [0.2, 0.25) is 5.02 Å². The van der Waals surface area contributed by atoms with Crippen molar-refractivity contribution in [1.29, 1.82) is 0 Å². The van der Waals surface area contributed by atoms with Gasteiger partial charge in [0, 0.05) is 9.50 Å². The van der Waals surface area contributed by atoms with Crippen molar-refractivity contribution in [3.63, 3.8) is 0 Å². The summed E-state index contributed by atoms with van der Waals surface area (Å²) >= 11 is 9.68. The third kappa shape index (κ3) is 1.64. The van der Waals surface area contributed by atoms with E-state index in [1.54, 1.807) is 0 Å². The molecule has 0 N–H and O–H groups in total. The molecular formula is C11H12BrCl. The highest BCUT2D eigenvalue weighted by Crippen LogP contribution is 2.50. The van der Waals surface area contributed by atoms with Crippen LogP contribution >= 0.6 is 27.5 Å². The molecule has 0 heterocycles. The fraction of sp³-hybridized carbons (Fsp3) is 0.455. The van der Waals surface area contributed by atoms with Gasteiger partial charge < -0.3 is 0 Å². The van der Waals surface area contributed by atoms with E-state index in [1.165, 1.54) is 24.0 Å². The van der Waals surface area contributed by atoms with Gasteiger partial charge in [-0.2, -0.15) is 0 Å². The van der Waals surface area contributed by atoms with Crippen molar-refractivity contribution >= 4 is 27.5 Å². The van der Waals surface area contributed by atoms with Gasteiger partial charge in [-0.25, -0.2) is 0 Å². The van der Waals surface area contributed by atoms with E-state index in [9.17, 15) is 0 Å². The monoisotopic (exact) mass is 258 g/mol. The minimum absolute atomic E-state index is 0.364. The van der Waals surface area contributed by atoms with Crippen LogP contribution in [-0.2, 0) is 5.41 Å². The first-order valence-electron chi connectivity index (χ1n) is 4.49. The van der Waals surface area contributed by atoms with Crippen molar-refractivity contribution in [2.75, 3.05) is 0 Å². The molecule has 1 aliphatic carbocycles. The zero-order chi connectivity index (χ0) is 9.64. The number of hydrogen-bond acceptors (Lipinski definition) is 0. The minimum atomic E-state index is 0.364. The maximum atomic E-state index is 6.20. The zero-order valence-electron chi connectivity index (χ0n) is 7.82. The Morgan fingerprint density at radius 3 is 2.54 bits per heavy atom. The van der Waals surface area contributed by atoms with Gasteiger partial charge in [0.15, 0.2) is 0 Å². The summed E-state index contributed by atoms with van der Waals surface area (Å²) in [5.41, 5.74) is 2.95. The Morgan fingerprint density at radius 2 is 2.00 bits per heavy atom. The summed E-state index contributed by atoms with van der Waals surface area (Å²) in [5, 5.41) is 0.900. The molecule has 0 radical (unpaired) electrons. The first kappa shape index (κ1) is 9.54. The van der Waals surface area contributed by atoms with Gasteiger partial charge in [0.1, 0.15) is 0 Å². The van der Waals surface area contributed by atoms with E-state index < -0.39 is 0 Å². The summed E-state index contributed by atoms with van der Waals surface area (Å²) in [6.45, 7) is 4.39. The Bertz CT molecular complexity index is 353. The lowest BCUT2D eigenvalue weighted by molar-refractivity contribution is 0.786. The van der Waals surface area contributed by atoms with Crippen LogP contribution in [0.15, 0.2) is 16.6 Å². The van der Waals surface area contributed by atoms with E-state index in [4.69, 9.17) is 11.6 Å². The fourth-order valence-corrected chi connectivity index (χ4v) is 2.44. The molecule has 0 amide bonds. The molecule has 0 aromatic heterocycles. The second kappa shape index (κ2) is 2.99. The Kier molecular flexibility index (Phi) is 2.20. The van der Waals surface area contributed by atoms with Gasteiger partial charge in [-0.15, -0.1) is 0 Å². The summed E-state index contributed by atoms with van der Waals surface area (Å²) in [7, 11) is 0. The molecule has 1 saturated carbocycles. The minimum Gasteiger partial charge on any atom is -0.0840 e. The zero-order valence-corrected chi connectivity index (χ0v) is 10.2. The van der Waals surface area contributed by atoms with Gasteiger partial charge in [0.2, 0.25) is 0 Å². The van der Waals surface area contributed by atoms with Crippen LogP contribution < -0.4 is 0 Å². The van der Waals surface area contributed by atoms with Crippen LogP contribution in [0, 0.1) is 6.92 Å². The summed E-state index contributed by atoms with van der Waals surface area (Å²) in [6.07, 6.45) is 2.54. The number of aryl methyl sites for hydroxylation is 1. The van der Waals surface area contributed by atoms with Crippen molar-refractivity contribution in [2.45, 2.75) is 32.1 Å². The average Bonchev–Trinajstić information content (AvgIpc) is 2.77. The number of hydrogen-bond donors (Lipinski definition) is 0. The quantitative estimate of drug-likeness (QED) is 0.698. The smallest absolute Gasteiger partial charge is 0.0454 e. The lowest BCUT2D eigenvalue weighted by Crippen LogP contribution is -2.01. The lowest BCUT2D eigenvalue weighted by Gasteiger charge is -2.13. The molecule has 1 fully saturated rings. The summed E-state index contributed by atoms with van der Waals surface area (Å²) < 4.78 is 1.10. The number of benzene rings is 1. The molecule has 0 spiro atoms. The van der Waals surface area contributed by atoms with E-state index >= 15 is 0 Å². The Labute approximate surface area is 92.4 Å². The van der Waals surface area contributed by atoms with Crippen molar-refractivity contribution in [2.24, 2.45) is 0 Å². The summed E-state index contributed by atoms with van der Waals surface area (Å²) in [4.78, 5) is 0. The molecule has 0 atom stereocenters. The van der Waals surface area contributed by atoms with Gasteiger partial charge in [-0.05, 0) is 42.4 Å². The van der Waals surface area contributed by atoms with Gasteiger partial charge in [-0.3, -0.25) is 0 Å². The van der Waals surface area contributed by atoms with Crippen LogP contribution in [0.4, 0.5) is 0 Å². The van der Waals surface area contributed by atoms with Crippen LogP contribution in [0.25, 0.3) is 0 Å². The molecule has 0 saturated heterocycles. The molecule has 13 heavy (non-hydrogen) atoms. The molecule has 1 aromatic rings. The van der Waals surface area contributed by atoms with E-state index in [0.29, 0.717) is 5.41 Å². The molecule has 0 unspecified atom stereocenters. The van der Waals surface area contributed by atoms with Crippen molar-refractivity contribution in [1.82, 2.24) is 0 Å². The largest absolute Gasteiger partial charge is 0.0840 e. The topological polar surface area (TPSA) is 0 Å². The summed E-state index contributed by atoms with van der Waals surface area (Å²) in [6, 6.07) is 4.22. The van der Waals surface area contributed by atoms with E-state index in [1.807, 2.05) is 6.07 Å². The van der Waals surface area contributed by atoms with E-state index in [-0.39, 0.29) is 0 Å². The Balaban J connectivity index is 2.52. The molecule has 2 heteroatoms. The Morgan fingerprint density at radius 1 is 1.38 bits per heavy atom. The van der Waals surface area contributed by atoms with Crippen LogP contribution in [0.3, 0.4) is 0 Å². The molecule has 70 valence electrons. The molecule has 2 rings (SSSR count). The van der Waals surface area contributed by atoms with E-state index in [0.717, 1.165) is 9.50 Å². The second-order valence-electron chi connectivity index (χ2n) is 4.14. The number of halogens is 2. The van der Waals surface area contributed by atoms with Crippen LogP contribution in [0.5, 0.6) is 0 Å². The van der Waals surface area contributed by atoms with Crippen molar-refractivity contribution in [3.8, 4) is 0 Å². The van der Waals surface area contributed by atoms with Gasteiger partial charge >= 0.3 is 0 Å². The molecule has 0 aliphatic heterocycles. The molecule has 1 aromatic carbocycles. The maximum absolute atomic E-state index is 6.20. The highest BCUT2D eigenvalue weighted by atomic mass is 79.9. The van der Waals surface area contributed by atoms with Crippen LogP contribution in [0.1, 0.15) is 30.9 Å². The predicted molar refractivity (Wildman–Crippen MR) is 60.5 cm³/mol. The standard InChI is InChI=1S/C11H12BrCl/c1-7-5-8(11(2)3-4-11)10(13)6-9(7)12/h5-6H,3-4H2,1-2H3. The van der Waals surface area contributed by atoms with Gasteiger partial charge in [-0.1, -0.05) is 40.5 Å². The number of rotatable bonds is 1. The highest BCUT2D eigenvalue weighted by molar-refractivity contribution is 9.10. The molecule has 0 bridgehead atoms. The van der Waals surface area contributed by atoms with Crippen LogP contribution in [-0.4, -0.2) is 0 Å². The lowest BCUT2D eigenvalue weighted by atomic mass is 9.97. The van der Waals surface area contributed by atoms with Gasteiger partial charge in [0.05, 0.1) is 0 Å². The molecular weight excluding hydrogens is 247 g/mol. The summed E-state index contributed by atoms with van der Waals surface area (Å²) in [5.74, 6) is 0. The normalized spacial score (nSPS) is 18.8. The van der Waals surface area contributed by atoms with Crippen molar-refractivity contribution < 1.29 is 0 Å².